The van der Waals surface area contributed by atoms with Gasteiger partial charge in [0.15, 0.2) is 0 Å². The second kappa shape index (κ2) is 5.82. The molecule has 0 fully saturated rings. The molecule has 0 radical (unpaired) electrons. The highest BCUT2D eigenvalue weighted by Crippen LogP contribution is 2.05. The molecule has 1 aromatic heterocycles. The van der Waals surface area contributed by atoms with E-state index in [-0.39, 0.29) is 5.56 Å². The highest BCUT2D eigenvalue weighted by atomic mass is 16.3. The van der Waals surface area contributed by atoms with Gasteiger partial charge in [-0.2, -0.15) is 0 Å². The maximum atomic E-state index is 11.4. The van der Waals surface area contributed by atoms with Gasteiger partial charge in [-0.3, -0.25) is 4.79 Å². The Hall–Kier alpha value is -1.13. The van der Waals surface area contributed by atoms with Gasteiger partial charge in [0.25, 0.3) is 5.56 Å². The van der Waals surface area contributed by atoms with Crippen molar-refractivity contribution < 1.29 is 5.11 Å². The van der Waals surface area contributed by atoms with Gasteiger partial charge in [0.1, 0.15) is 0 Å². The van der Waals surface area contributed by atoms with Gasteiger partial charge in [0, 0.05) is 31.9 Å². The molecule has 1 rings (SSSR count). The predicted molar refractivity (Wildman–Crippen MR) is 64.5 cm³/mol. The normalized spacial score (nSPS) is 14.7. The summed E-state index contributed by atoms with van der Waals surface area (Å²) < 4.78 is 1.65. The van der Waals surface area contributed by atoms with E-state index in [0.717, 1.165) is 0 Å². The Morgan fingerprint density at radius 1 is 1.50 bits per heavy atom. The minimum absolute atomic E-state index is 0.00607. The lowest BCUT2D eigenvalue weighted by atomic mass is 10.0. The smallest absolute Gasteiger partial charge is 0.250 e. The Balaban J connectivity index is 2.32. The first-order chi connectivity index (χ1) is 7.55. The zero-order valence-corrected chi connectivity index (χ0v) is 9.94. The summed E-state index contributed by atoms with van der Waals surface area (Å²) in [5.74, 6) is 0. The monoisotopic (exact) mass is 224 g/mol. The number of rotatable bonds is 6. The van der Waals surface area contributed by atoms with Crippen LogP contribution in [0.25, 0.3) is 0 Å². The highest BCUT2D eigenvalue weighted by molar-refractivity contribution is 4.93. The number of hydrogen-bond acceptors (Lipinski definition) is 3. The van der Waals surface area contributed by atoms with E-state index in [0.29, 0.717) is 26.1 Å². The second-order valence-corrected chi connectivity index (χ2v) is 4.26. The molecule has 0 saturated carbocycles. The van der Waals surface area contributed by atoms with E-state index >= 15 is 0 Å². The molecule has 1 aromatic rings. The molecular weight excluding hydrogens is 204 g/mol. The van der Waals surface area contributed by atoms with E-state index in [4.69, 9.17) is 0 Å². The summed E-state index contributed by atoms with van der Waals surface area (Å²) in [6.07, 6.45) is 2.48. The molecular formula is C12H20N2O2. The van der Waals surface area contributed by atoms with Crippen molar-refractivity contribution in [2.75, 3.05) is 13.1 Å². The summed E-state index contributed by atoms with van der Waals surface area (Å²) in [4.78, 5) is 11.4. The number of hydrogen-bond donors (Lipinski definition) is 2. The topological polar surface area (TPSA) is 54.3 Å². The van der Waals surface area contributed by atoms with E-state index < -0.39 is 5.60 Å². The number of aliphatic hydroxyl groups is 1. The Kier molecular flexibility index (Phi) is 4.71. The molecule has 1 unspecified atom stereocenters. The van der Waals surface area contributed by atoms with Crippen LogP contribution in [0.2, 0.25) is 0 Å². The van der Waals surface area contributed by atoms with Crippen molar-refractivity contribution in [1.29, 1.82) is 0 Å². The van der Waals surface area contributed by atoms with Crippen molar-refractivity contribution in [1.82, 2.24) is 9.88 Å². The van der Waals surface area contributed by atoms with Crippen LogP contribution in [-0.4, -0.2) is 28.4 Å². The van der Waals surface area contributed by atoms with Crippen LogP contribution in [0.3, 0.4) is 0 Å². The van der Waals surface area contributed by atoms with Gasteiger partial charge in [-0.15, -0.1) is 0 Å². The molecule has 1 heterocycles. The lowest BCUT2D eigenvalue weighted by molar-refractivity contribution is 0.0558. The molecule has 0 aliphatic rings. The largest absolute Gasteiger partial charge is 0.389 e. The molecule has 4 heteroatoms. The highest BCUT2D eigenvalue weighted by Gasteiger charge is 2.15. The first-order valence-electron chi connectivity index (χ1n) is 5.64. The van der Waals surface area contributed by atoms with Gasteiger partial charge in [0.05, 0.1) is 5.60 Å². The van der Waals surface area contributed by atoms with Crippen LogP contribution in [0.15, 0.2) is 29.2 Å². The molecule has 0 amide bonds. The Bertz CT molecular complexity index is 371. The third-order valence-corrected chi connectivity index (χ3v) is 2.70. The summed E-state index contributed by atoms with van der Waals surface area (Å²) >= 11 is 0. The maximum absolute atomic E-state index is 11.4. The van der Waals surface area contributed by atoms with E-state index in [1.807, 2.05) is 13.0 Å². The van der Waals surface area contributed by atoms with Crippen molar-refractivity contribution in [3.05, 3.63) is 34.7 Å². The average molecular weight is 224 g/mol. The predicted octanol–water partition coefficient (Wildman–Crippen LogP) is 0.599. The lowest BCUT2D eigenvalue weighted by Crippen LogP contribution is -2.39. The molecule has 0 aromatic carbocycles. The minimum Gasteiger partial charge on any atom is -0.389 e. The molecule has 16 heavy (non-hydrogen) atoms. The maximum Gasteiger partial charge on any atom is 0.250 e. The van der Waals surface area contributed by atoms with Crippen LogP contribution >= 0.6 is 0 Å². The molecule has 2 N–H and O–H groups in total. The third kappa shape index (κ3) is 4.16. The number of aromatic nitrogens is 1. The lowest BCUT2D eigenvalue weighted by Gasteiger charge is -2.21. The molecule has 90 valence electrons. The van der Waals surface area contributed by atoms with Crippen molar-refractivity contribution in [2.45, 2.75) is 32.4 Å². The van der Waals surface area contributed by atoms with E-state index in [1.54, 1.807) is 29.8 Å². The fraction of sp³-hybridized carbons (Fsp3) is 0.583. The molecule has 0 spiro atoms. The minimum atomic E-state index is -0.665. The number of nitrogens with zero attached hydrogens (tertiary/aromatic N) is 1. The summed E-state index contributed by atoms with van der Waals surface area (Å²) in [6.45, 7) is 5.60. The van der Waals surface area contributed by atoms with Crippen LogP contribution in [-0.2, 0) is 6.54 Å². The molecule has 0 aliphatic heterocycles. The van der Waals surface area contributed by atoms with Gasteiger partial charge in [0.2, 0.25) is 0 Å². The van der Waals surface area contributed by atoms with E-state index in [2.05, 4.69) is 5.32 Å². The van der Waals surface area contributed by atoms with Gasteiger partial charge < -0.3 is 15.0 Å². The Morgan fingerprint density at radius 3 is 2.88 bits per heavy atom. The molecule has 0 bridgehead atoms. The van der Waals surface area contributed by atoms with Crippen LogP contribution in [0, 0.1) is 0 Å². The number of pyridine rings is 1. The Morgan fingerprint density at radius 2 is 2.25 bits per heavy atom. The third-order valence-electron chi connectivity index (χ3n) is 2.70. The summed E-state index contributed by atoms with van der Waals surface area (Å²) in [5, 5.41) is 12.9. The SMILES string of the molecule is CCC(C)(O)CNCCn1ccccc1=O. The van der Waals surface area contributed by atoms with Crippen molar-refractivity contribution >= 4 is 0 Å². The average Bonchev–Trinajstić information content (AvgIpc) is 2.27. The van der Waals surface area contributed by atoms with E-state index in [1.165, 1.54) is 0 Å². The number of nitrogens with one attached hydrogen (secondary N) is 1. The van der Waals surface area contributed by atoms with Gasteiger partial charge >= 0.3 is 0 Å². The summed E-state index contributed by atoms with van der Waals surface area (Å²) in [6, 6.07) is 5.11. The van der Waals surface area contributed by atoms with Gasteiger partial charge in [-0.1, -0.05) is 13.0 Å². The fourth-order valence-corrected chi connectivity index (χ4v) is 1.33. The zero-order chi connectivity index (χ0) is 12.0. The second-order valence-electron chi connectivity index (χ2n) is 4.26. The van der Waals surface area contributed by atoms with Crippen LogP contribution in [0.1, 0.15) is 20.3 Å². The Labute approximate surface area is 95.9 Å². The quantitative estimate of drug-likeness (QED) is 0.696. The van der Waals surface area contributed by atoms with Gasteiger partial charge in [-0.25, -0.2) is 0 Å². The first-order valence-corrected chi connectivity index (χ1v) is 5.64. The van der Waals surface area contributed by atoms with Crippen LogP contribution in [0.4, 0.5) is 0 Å². The van der Waals surface area contributed by atoms with Gasteiger partial charge in [-0.05, 0) is 19.4 Å². The van der Waals surface area contributed by atoms with Crippen molar-refractivity contribution in [3.63, 3.8) is 0 Å². The molecule has 4 nitrogen and oxygen atoms in total. The summed E-state index contributed by atoms with van der Waals surface area (Å²) in [7, 11) is 0. The van der Waals surface area contributed by atoms with Crippen molar-refractivity contribution in [3.8, 4) is 0 Å². The summed E-state index contributed by atoms with van der Waals surface area (Å²) in [5.41, 5.74) is -0.659. The molecule has 1 atom stereocenters. The van der Waals surface area contributed by atoms with Crippen LogP contribution in [0.5, 0.6) is 0 Å². The first kappa shape index (κ1) is 12.9. The van der Waals surface area contributed by atoms with E-state index in [9.17, 15) is 9.90 Å². The molecule has 0 saturated heterocycles. The van der Waals surface area contributed by atoms with Crippen LogP contribution < -0.4 is 10.9 Å². The fourth-order valence-electron chi connectivity index (χ4n) is 1.33. The standard InChI is InChI=1S/C12H20N2O2/c1-3-12(2,16)10-13-7-9-14-8-5-4-6-11(14)15/h4-6,8,13,16H,3,7,9-10H2,1-2H3. The zero-order valence-electron chi connectivity index (χ0n) is 9.94. The van der Waals surface area contributed by atoms with Crippen molar-refractivity contribution in [2.24, 2.45) is 0 Å². The molecule has 0 aliphatic carbocycles.